The average molecular weight is 501 g/mol. The van der Waals surface area contributed by atoms with Gasteiger partial charge in [0.2, 0.25) is 0 Å². The Kier molecular flexibility index (Phi) is 6.88. The quantitative estimate of drug-likeness (QED) is 0.524. The number of amides is 1. The van der Waals surface area contributed by atoms with Crippen molar-refractivity contribution in [1.82, 2.24) is 9.88 Å². The molecule has 0 bridgehead atoms. The van der Waals surface area contributed by atoms with Gasteiger partial charge in [0.15, 0.2) is 0 Å². The number of carbonyl (C=O) groups excluding carboxylic acids is 1. The van der Waals surface area contributed by atoms with Crippen molar-refractivity contribution in [2.24, 2.45) is 5.41 Å². The molecule has 1 saturated heterocycles. The zero-order valence-electron chi connectivity index (χ0n) is 19.6. The zero-order chi connectivity index (χ0) is 24.4. The summed E-state index contributed by atoms with van der Waals surface area (Å²) in [6.07, 6.45) is 0.363. The number of hydrogen-bond acceptors (Lipinski definition) is 6. The molecule has 2 N–H and O–H groups in total. The van der Waals surface area contributed by atoms with E-state index in [1.165, 1.54) is 0 Å². The average Bonchev–Trinajstić information content (AvgIpc) is 3.26. The Bertz CT molecular complexity index is 1190. The normalized spacial score (nSPS) is 19.4. The summed E-state index contributed by atoms with van der Waals surface area (Å²) in [4.78, 5) is 18.1. The highest BCUT2D eigenvalue weighted by Crippen LogP contribution is 2.40. The predicted octanol–water partition coefficient (Wildman–Crippen LogP) is 4.29. The second kappa shape index (κ2) is 10.1. The molecule has 35 heavy (non-hydrogen) atoms. The van der Waals surface area contributed by atoms with Gasteiger partial charge in [-0.3, -0.25) is 4.90 Å². The maximum Gasteiger partial charge on any atom is 0.410 e. The maximum absolute atomic E-state index is 12.9. The van der Waals surface area contributed by atoms with Crippen molar-refractivity contribution in [3.05, 3.63) is 64.3 Å². The summed E-state index contributed by atoms with van der Waals surface area (Å²) in [6, 6.07) is 13.1. The first kappa shape index (κ1) is 23.9. The van der Waals surface area contributed by atoms with Crippen LogP contribution in [0.3, 0.4) is 0 Å². The highest BCUT2D eigenvalue weighted by atomic mass is 35.5. The molecule has 2 aromatic carbocycles. The van der Waals surface area contributed by atoms with E-state index in [-0.39, 0.29) is 32.1 Å². The molecule has 3 heterocycles. The molecule has 0 spiro atoms. The van der Waals surface area contributed by atoms with Crippen LogP contribution in [-0.2, 0) is 20.6 Å². The van der Waals surface area contributed by atoms with Crippen LogP contribution in [0.2, 0.25) is 5.02 Å². The summed E-state index contributed by atoms with van der Waals surface area (Å²) in [5, 5.41) is 11.6. The first-order valence-corrected chi connectivity index (χ1v) is 12.1. The fourth-order valence-electron chi connectivity index (χ4n) is 4.83. The number of H-pyrrole nitrogens is 1. The summed E-state index contributed by atoms with van der Waals surface area (Å²) in [7, 11) is 0. The third kappa shape index (κ3) is 4.71. The molecule has 0 radical (unpaired) electrons. The molecule has 2 aliphatic rings. The van der Waals surface area contributed by atoms with Gasteiger partial charge in [-0.1, -0.05) is 23.7 Å². The topological polar surface area (TPSA) is 93.3 Å². The van der Waals surface area contributed by atoms with Crippen LogP contribution in [0.5, 0.6) is 5.75 Å². The molecule has 186 valence electrons. The molecule has 1 atom stereocenters. The molecule has 2 aliphatic heterocycles. The van der Waals surface area contributed by atoms with E-state index in [1.54, 1.807) is 11.8 Å². The van der Waals surface area contributed by atoms with E-state index in [4.69, 9.17) is 30.5 Å². The molecule has 0 saturated carbocycles. The van der Waals surface area contributed by atoms with Crippen molar-refractivity contribution in [3.8, 4) is 5.75 Å². The number of hydrogen-bond donors (Lipinski definition) is 2. The van der Waals surface area contributed by atoms with Crippen LogP contribution >= 0.6 is 11.6 Å². The molecule has 9 heteroatoms. The third-order valence-corrected chi connectivity index (χ3v) is 6.89. The minimum absolute atomic E-state index is 0.0885. The van der Waals surface area contributed by atoms with Gasteiger partial charge in [0.05, 0.1) is 31.8 Å². The maximum atomic E-state index is 12.9. The van der Waals surface area contributed by atoms with Gasteiger partial charge in [0.1, 0.15) is 25.2 Å². The van der Waals surface area contributed by atoms with Crippen molar-refractivity contribution >= 4 is 28.6 Å². The van der Waals surface area contributed by atoms with E-state index in [1.807, 2.05) is 42.5 Å². The molecule has 1 fully saturated rings. The summed E-state index contributed by atoms with van der Waals surface area (Å²) >= 11 is 6.27. The lowest BCUT2D eigenvalue weighted by atomic mass is 9.91. The highest BCUT2D eigenvalue weighted by Gasteiger charge is 2.36. The summed E-state index contributed by atoms with van der Waals surface area (Å²) in [6.45, 7) is 3.83. The Hall–Kier alpha value is -2.78. The number of fused-ring (bicyclic) bond motifs is 3. The number of aromatic nitrogens is 1. The Morgan fingerprint density at radius 3 is 2.71 bits per heavy atom. The second-order valence-electron chi connectivity index (χ2n) is 9.08. The van der Waals surface area contributed by atoms with Crippen LogP contribution in [0, 0.1) is 5.41 Å². The molecule has 3 aromatic rings. The van der Waals surface area contributed by atoms with E-state index >= 15 is 0 Å². The molecule has 1 amide bonds. The Balaban J connectivity index is 1.44. The number of nitrogens with one attached hydrogen (secondary N) is 1. The largest absolute Gasteiger partial charge is 0.493 e. The number of halogens is 1. The minimum Gasteiger partial charge on any atom is -0.493 e. The fraction of sp³-hybridized carbons (Fsp3) is 0.423. The van der Waals surface area contributed by atoms with Gasteiger partial charge in [-0.15, -0.1) is 0 Å². The molecule has 1 aromatic heterocycles. The van der Waals surface area contributed by atoms with Gasteiger partial charge >= 0.3 is 6.09 Å². The minimum atomic E-state index is -0.582. The second-order valence-corrected chi connectivity index (χ2v) is 9.52. The number of nitrogens with zero attached hydrogens (tertiary/aromatic N) is 1. The predicted molar refractivity (Wildman–Crippen MR) is 131 cm³/mol. The monoisotopic (exact) mass is 500 g/mol. The van der Waals surface area contributed by atoms with Gasteiger partial charge in [-0.25, -0.2) is 4.79 Å². The highest BCUT2D eigenvalue weighted by molar-refractivity contribution is 6.31. The van der Waals surface area contributed by atoms with Crippen molar-refractivity contribution < 1.29 is 28.8 Å². The number of benzene rings is 2. The number of aromatic amines is 1. The van der Waals surface area contributed by atoms with Crippen molar-refractivity contribution in [1.29, 1.82) is 0 Å². The fourth-order valence-corrected chi connectivity index (χ4v) is 5.00. The standard InChI is InChI=1S/C26H29ClN2O6/c1-2-34-25(31)29-10-9-20-21-11-18(27)5-8-22(21)28-23(20)24(29)17-3-6-19(7-4-17)35-15-26(12-30)13-32-16-33-14-26/h3-8,11,24,28,30H,2,9-10,12-16H2,1H3. The SMILES string of the molecule is CCOC(=O)N1CCc2c([nH]c3ccc(Cl)cc23)C1c1ccc(OCC2(CO)COCOC2)cc1. The third-order valence-electron chi connectivity index (χ3n) is 6.65. The van der Waals surface area contributed by atoms with E-state index in [9.17, 15) is 9.90 Å². The number of carbonyl (C=O) groups is 1. The van der Waals surface area contributed by atoms with Gasteiger partial charge in [-0.05, 0) is 54.8 Å². The van der Waals surface area contributed by atoms with E-state index in [0.717, 1.165) is 27.7 Å². The lowest BCUT2D eigenvalue weighted by Crippen LogP contribution is -2.45. The van der Waals surface area contributed by atoms with Gasteiger partial charge in [-0.2, -0.15) is 0 Å². The molecule has 5 rings (SSSR count). The summed E-state index contributed by atoms with van der Waals surface area (Å²) in [5.41, 5.74) is 3.47. The van der Waals surface area contributed by atoms with E-state index in [0.29, 0.717) is 43.6 Å². The van der Waals surface area contributed by atoms with Crippen LogP contribution in [0.15, 0.2) is 42.5 Å². The van der Waals surface area contributed by atoms with Crippen molar-refractivity contribution in [2.75, 3.05) is 46.4 Å². The number of aliphatic hydroxyl groups excluding tert-OH is 1. The van der Waals surface area contributed by atoms with Crippen LogP contribution in [-0.4, -0.2) is 67.5 Å². The molecular weight excluding hydrogens is 472 g/mol. The number of rotatable bonds is 6. The molecule has 1 unspecified atom stereocenters. The van der Waals surface area contributed by atoms with Crippen LogP contribution < -0.4 is 4.74 Å². The van der Waals surface area contributed by atoms with E-state index in [2.05, 4.69) is 4.98 Å². The first-order chi connectivity index (χ1) is 17.0. The Morgan fingerprint density at radius 1 is 1.23 bits per heavy atom. The first-order valence-electron chi connectivity index (χ1n) is 11.8. The van der Waals surface area contributed by atoms with Crippen molar-refractivity contribution in [3.63, 3.8) is 0 Å². The zero-order valence-corrected chi connectivity index (χ0v) is 20.3. The van der Waals surface area contributed by atoms with Crippen LogP contribution in [0.25, 0.3) is 10.9 Å². The molecular formula is C26H29ClN2O6. The number of aliphatic hydroxyl groups is 1. The lowest BCUT2D eigenvalue weighted by Gasteiger charge is -2.35. The Morgan fingerprint density at radius 2 is 2.00 bits per heavy atom. The number of ether oxygens (including phenoxy) is 4. The van der Waals surface area contributed by atoms with Crippen LogP contribution in [0.4, 0.5) is 4.79 Å². The van der Waals surface area contributed by atoms with Gasteiger partial charge in [0, 0.05) is 28.2 Å². The molecule has 0 aliphatic carbocycles. The van der Waals surface area contributed by atoms with Crippen molar-refractivity contribution in [2.45, 2.75) is 19.4 Å². The Labute approximate surface area is 208 Å². The van der Waals surface area contributed by atoms with Gasteiger partial charge < -0.3 is 29.0 Å². The lowest BCUT2D eigenvalue weighted by molar-refractivity contribution is -0.184. The van der Waals surface area contributed by atoms with Gasteiger partial charge in [0.25, 0.3) is 0 Å². The van der Waals surface area contributed by atoms with E-state index < -0.39 is 5.41 Å². The van der Waals surface area contributed by atoms with Crippen LogP contribution in [0.1, 0.15) is 29.8 Å². The summed E-state index contributed by atoms with van der Waals surface area (Å²) < 4.78 is 22.1. The summed E-state index contributed by atoms with van der Waals surface area (Å²) in [5.74, 6) is 0.661. The smallest absolute Gasteiger partial charge is 0.410 e. The molecule has 8 nitrogen and oxygen atoms in total.